The van der Waals surface area contributed by atoms with Crippen molar-refractivity contribution in [1.29, 1.82) is 0 Å². The summed E-state index contributed by atoms with van der Waals surface area (Å²) in [5, 5.41) is 0. The molecule has 0 aromatic heterocycles. The maximum atomic E-state index is 10.8. The van der Waals surface area contributed by atoms with Crippen molar-refractivity contribution in [2.45, 2.75) is 247 Å². The van der Waals surface area contributed by atoms with Crippen molar-refractivity contribution < 1.29 is 60.0 Å². The molecule has 0 radical (unpaired) electrons. The number of aryl methyl sites for hydroxylation is 3. The van der Waals surface area contributed by atoms with E-state index in [2.05, 4.69) is 20.8 Å². The van der Waals surface area contributed by atoms with Gasteiger partial charge in [0.2, 0.25) is 0 Å². The summed E-state index contributed by atoms with van der Waals surface area (Å²) < 4.78 is 106. The zero-order valence-corrected chi connectivity index (χ0v) is 45.9. The van der Waals surface area contributed by atoms with Gasteiger partial charge in [-0.25, -0.2) is 25.3 Å². The molecular formula is C54H87O10S3V. The molecule has 68 heavy (non-hydrogen) atoms. The molecular weight excluding hydrogens is 956 g/mol. The predicted molar refractivity (Wildman–Crippen MR) is 271 cm³/mol. The van der Waals surface area contributed by atoms with Crippen LogP contribution in [-0.2, 0) is 70.7 Å². The number of hydrogen-bond acceptors (Lipinski definition) is 10. The van der Waals surface area contributed by atoms with Crippen LogP contribution in [0.5, 0.6) is 0 Å². The van der Waals surface area contributed by atoms with Crippen LogP contribution in [0.1, 0.15) is 230 Å². The monoisotopic (exact) mass is 1040 g/mol. The van der Waals surface area contributed by atoms with Crippen molar-refractivity contribution in [2.75, 3.05) is 0 Å². The minimum atomic E-state index is -4.31. The predicted octanol–water partition coefficient (Wildman–Crippen LogP) is 15.0. The number of unbranched alkanes of at least 4 members (excludes halogenated alkanes) is 27. The molecule has 0 atom stereocenters. The summed E-state index contributed by atoms with van der Waals surface area (Å²) in [5.74, 6) is 0. The van der Waals surface area contributed by atoms with Crippen LogP contribution < -0.4 is 0 Å². The van der Waals surface area contributed by atoms with Crippen LogP contribution in [0.15, 0.2) is 87.5 Å². The molecule has 0 saturated carbocycles. The third kappa shape index (κ3) is 37.6. The van der Waals surface area contributed by atoms with Gasteiger partial charge >= 0.3 is 21.0 Å². The van der Waals surface area contributed by atoms with Gasteiger partial charge < -0.3 is 13.7 Å². The second kappa shape index (κ2) is 42.5. The van der Waals surface area contributed by atoms with Crippen molar-refractivity contribution >= 4 is 30.4 Å². The van der Waals surface area contributed by atoms with E-state index < -0.39 is 30.4 Å². The van der Waals surface area contributed by atoms with Gasteiger partial charge in [-0.05, 0) is 91.6 Å². The number of hydrogen-bond donors (Lipinski definition) is 0. The Kier molecular flexibility index (Phi) is 41.1. The van der Waals surface area contributed by atoms with Crippen LogP contribution in [0.25, 0.3) is 0 Å². The van der Waals surface area contributed by atoms with Crippen molar-refractivity contribution in [3.8, 4) is 0 Å². The van der Waals surface area contributed by atoms with E-state index in [1.54, 1.807) is 36.4 Å². The summed E-state index contributed by atoms with van der Waals surface area (Å²) in [5.41, 5.74) is 3.31. The van der Waals surface area contributed by atoms with Gasteiger partial charge in [-0.2, -0.15) is 0 Å². The molecule has 0 fully saturated rings. The zero-order valence-electron chi connectivity index (χ0n) is 42.0. The molecule has 10 nitrogen and oxygen atoms in total. The molecule has 0 N–H and O–H groups in total. The van der Waals surface area contributed by atoms with Gasteiger partial charge in [0.1, 0.15) is 30.4 Å². The van der Waals surface area contributed by atoms with Crippen LogP contribution in [0.4, 0.5) is 0 Å². The Morgan fingerprint density at radius 1 is 0.279 bits per heavy atom. The van der Waals surface area contributed by atoms with Gasteiger partial charge in [0.05, 0.1) is 14.7 Å². The minimum absolute atomic E-state index is 0.140. The molecule has 3 rings (SSSR count). The molecule has 3 aromatic carbocycles. The number of rotatable bonds is 36. The summed E-state index contributed by atoms with van der Waals surface area (Å²) in [6, 6.07) is 19.0. The fraction of sp³-hybridized carbons (Fsp3) is 0.667. The van der Waals surface area contributed by atoms with Crippen molar-refractivity contribution in [2.24, 2.45) is 0 Å². The molecule has 0 unspecified atom stereocenters. The van der Waals surface area contributed by atoms with E-state index >= 15 is 0 Å². The molecule has 386 valence electrons. The Morgan fingerprint density at radius 3 is 0.574 bits per heavy atom. The average Bonchev–Trinajstić information content (AvgIpc) is 3.31. The molecule has 0 aliphatic heterocycles. The van der Waals surface area contributed by atoms with Crippen LogP contribution in [0, 0.1) is 0 Å². The topological polar surface area (TPSA) is 189 Å². The van der Waals surface area contributed by atoms with Gasteiger partial charge in [-0.1, -0.05) is 231 Å². The second-order valence-electron chi connectivity index (χ2n) is 18.1. The van der Waals surface area contributed by atoms with E-state index in [4.69, 9.17) is 3.67 Å². The molecule has 0 bridgehead atoms. The van der Waals surface area contributed by atoms with E-state index in [0.29, 0.717) is 0 Å². The average molecular weight is 1040 g/mol. The summed E-state index contributed by atoms with van der Waals surface area (Å²) in [4.78, 5) is -0.419. The standard InChI is InChI=1S/3C18H30O3S.O.V/c3*1-2-3-4-5-6-7-8-9-10-11-12-17-13-15-18(16-14-17)22(19,20)21;;/h3*13-16H,2-12H2,1H3,(H,19,20,21);;/q;;;;+3/p-3. The van der Waals surface area contributed by atoms with Gasteiger partial charge in [0, 0.05) is 0 Å². The maximum absolute atomic E-state index is 10.8. The Morgan fingerprint density at radius 2 is 0.426 bits per heavy atom. The van der Waals surface area contributed by atoms with E-state index in [-0.39, 0.29) is 14.7 Å². The van der Waals surface area contributed by atoms with Crippen LogP contribution >= 0.6 is 0 Å². The van der Waals surface area contributed by atoms with Crippen LogP contribution in [-0.4, -0.2) is 38.9 Å². The molecule has 3 aromatic rings. The quantitative estimate of drug-likeness (QED) is 0.0400. The van der Waals surface area contributed by atoms with E-state index in [1.807, 2.05) is 0 Å². The summed E-state index contributed by atoms with van der Waals surface area (Å²) in [7, 11) is -12.9. The van der Waals surface area contributed by atoms with E-state index in [0.717, 1.165) is 72.6 Å². The Labute approximate surface area is 424 Å². The zero-order chi connectivity index (χ0) is 50.8. The normalized spacial score (nSPS) is 11.5. The van der Waals surface area contributed by atoms with Gasteiger partial charge in [-0.15, -0.1) is 0 Å². The van der Waals surface area contributed by atoms with Gasteiger partial charge in [0.25, 0.3) is 0 Å². The molecule has 0 aliphatic carbocycles. The molecule has 0 heterocycles. The van der Waals surface area contributed by atoms with Crippen LogP contribution in [0.3, 0.4) is 0 Å². The van der Waals surface area contributed by atoms with Crippen molar-refractivity contribution in [3.63, 3.8) is 0 Å². The fourth-order valence-electron chi connectivity index (χ4n) is 7.92. The van der Waals surface area contributed by atoms with Crippen molar-refractivity contribution in [1.82, 2.24) is 0 Å². The van der Waals surface area contributed by atoms with E-state index in [1.165, 1.54) is 210 Å². The molecule has 0 spiro atoms. The summed E-state index contributed by atoms with van der Waals surface area (Å²) >= 11 is 1.06. The first-order valence-electron chi connectivity index (χ1n) is 25.9. The first-order chi connectivity index (χ1) is 32.6. The first-order valence-corrected chi connectivity index (χ1v) is 30.7. The Hall–Kier alpha value is -2.23. The fourth-order valence-corrected chi connectivity index (χ4v) is 9.33. The Bertz CT molecular complexity index is 1730. The molecule has 0 amide bonds. The third-order valence-electron chi connectivity index (χ3n) is 12.1. The summed E-state index contributed by atoms with van der Waals surface area (Å²) in [6.45, 7) is 6.73. The number of benzene rings is 3. The summed E-state index contributed by atoms with van der Waals surface area (Å²) in [6.07, 6.45) is 42.1. The molecule has 0 aliphatic rings. The Balaban J connectivity index is 0.000000971. The molecule has 0 saturated heterocycles. The van der Waals surface area contributed by atoms with Crippen molar-refractivity contribution in [3.05, 3.63) is 89.5 Å². The first kappa shape index (κ1) is 65.8. The van der Waals surface area contributed by atoms with E-state index in [9.17, 15) is 38.9 Å². The second-order valence-corrected chi connectivity index (χ2v) is 22.2. The SMILES string of the molecule is CCCCCCCCCCCCc1ccc(S(=O)(=O)[O-])cc1.CCCCCCCCCCCCc1ccc(S(=O)(=O)[O-])cc1.CCCCCCCCCCCCc1ccc(S(=O)(=O)[O-])cc1.[O]=[V+3]. The van der Waals surface area contributed by atoms with Gasteiger partial charge in [0.15, 0.2) is 0 Å². The third-order valence-corrected chi connectivity index (χ3v) is 14.6. The molecule has 14 heteroatoms. The van der Waals surface area contributed by atoms with Gasteiger partial charge in [-0.3, -0.25) is 0 Å². The van der Waals surface area contributed by atoms with Crippen LogP contribution in [0.2, 0.25) is 0 Å².